The summed E-state index contributed by atoms with van der Waals surface area (Å²) in [5, 5.41) is 1.26. The van der Waals surface area contributed by atoms with E-state index in [0.717, 1.165) is 22.4 Å². The van der Waals surface area contributed by atoms with Crippen LogP contribution in [0.2, 0.25) is 0 Å². The van der Waals surface area contributed by atoms with Crippen molar-refractivity contribution in [2.45, 2.75) is 26.7 Å². The van der Waals surface area contributed by atoms with Crippen LogP contribution in [0.5, 0.6) is 0 Å². The summed E-state index contributed by atoms with van der Waals surface area (Å²) in [5.41, 5.74) is 4.00. The maximum atomic E-state index is 13.0. The number of hydrogen-bond acceptors (Lipinski definition) is 3. The number of rotatable bonds is 5. The molecule has 5 nitrogen and oxygen atoms in total. The second-order valence-electron chi connectivity index (χ2n) is 7.55. The normalized spacial score (nSPS) is 16.2. The molecule has 0 atom stereocenters. The van der Waals surface area contributed by atoms with Crippen LogP contribution >= 0.6 is 0 Å². The number of carbonyl (C=O) groups excluding carboxylic acids is 1. The van der Waals surface area contributed by atoms with E-state index in [1.54, 1.807) is 18.0 Å². The topological polar surface area (TPSA) is 57.7 Å². The van der Waals surface area contributed by atoms with Crippen LogP contribution < -0.4 is 4.90 Å². The summed E-state index contributed by atoms with van der Waals surface area (Å²) in [6.07, 6.45) is 2.68. The third-order valence-electron chi connectivity index (χ3n) is 5.66. The van der Waals surface area contributed by atoms with Crippen molar-refractivity contribution in [2.75, 3.05) is 25.0 Å². The van der Waals surface area contributed by atoms with E-state index in [9.17, 15) is 13.2 Å². The van der Waals surface area contributed by atoms with Crippen molar-refractivity contribution in [3.05, 3.63) is 70.6 Å². The van der Waals surface area contributed by atoms with Gasteiger partial charge in [0.25, 0.3) is 0 Å². The molecule has 29 heavy (non-hydrogen) atoms. The van der Waals surface area contributed by atoms with Crippen molar-refractivity contribution in [1.82, 2.24) is 4.31 Å². The number of benzene rings is 2. The molecule has 0 N–H and O–H groups in total. The number of amides is 1. The summed E-state index contributed by atoms with van der Waals surface area (Å²) in [6.45, 7) is 4.77. The molecule has 0 spiro atoms. The van der Waals surface area contributed by atoms with Crippen molar-refractivity contribution in [3.63, 3.8) is 0 Å². The molecular formula is C23H28N2O3S. The maximum absolute atomic E-state index is 13.0. The molecule has 0 radical (unpaired) electrons. The van der Waals surface area contributed by atoms with E-state index in [1.807, 2.05) is 62.4 Å². The lowest BCUT2D eigenvalue weighted by molar-refractivity contribution is -0.123. The Morgan fingerprint density at radius 3 is 2.34 bits per heavy atom. The fourth-order valence-electron chi connectivity index (χ4n) is 3.66. The first kappa shape index (κ1) is 21.3. The maximum Gasteiger partial charge on any atom is 0.236 e. The van der Waals surface area contributed by atoms with Gasteiger partial charge in [0.1, 0.15) is 0 Å². The zero-order valence-corrected chi connectivity index (χ0v) is 18.0. The van der Waals surface area contributed by atoms with Gasteiger partial charge in [0.2, 0.25) is 15.9 Å². The van der Waals surface area contributed by atoms with Gasteiger partial charge in [-0.3, -0.25) is 4.79 Å². The van der Waals surface area contributed by atoms with Gasteiger partial charge in [-0.05, 0) is 55.5 Å². The molecule has 1 fully saturated rings. The summed E-state index contributed by atoms with van der Waals surface area (Å²) in [4.78, 5) is 14.7. The van der Waals surface area contributed by atoms with Crippen LogP contribution in [0.3, 0.4) is 0 Å². The Bertz CT molecular complexity index is 992. The third-order valence-corrected chi connectivity index (χ3v) is 7.23. The van der Waals surface area contributed by atoms with Gasteiger partial charge in [-0.15, -0.1) is 0 Å². The van der Waals surface area contributed by atoms with E-state index >= 15 is 0 Å². The van der Waals surface area contributed by atoms with Gasteiger partial charge in [0.05, 0.1) is 0 Å². The molecule has 0 aliphatic carbocycles. The van der Waals surface area contributed by atoms with Crippen LogP contribution in [0.4, 0.5) is 5.69 Å². The first-order chi connectivity index (χ1) is 13.8. The summed E-state index contributed by atoms with van der Waals surface area (Å²) >= 11 is 0. The van der Waals surface area contributed by atoms with E-state index in [-0.39, 0.29) is 11.8 Å². The van der Waals surface area contributed by atoms with Crippen LogP contribution in [-0.4, -0.2) is 38.8 Å². The van der Waals surface area contributed by atoms with Gasteiger partial charge >= 0.3 is 0 Å². The molecule has 6 heteroatoms. The van der Waals surface area contributed by atoms with Crippen molar-refractivity contribution in [3.8, 4) is 0 Å². The fourth-order valence-corrected chi connectivity index (χ4v) is 4.88. The highest BCUT2D eigenvalue weighted by Crippen LogP contribution is 2.27. The van der Waals surface area contributed by atoms with Gasteiger partial charge < -0.3 is 4.90 Å². The first-order valence-electron chi connectivity index (χ1n) is 9.86. The van der Waals surface area contributed by atoms with E-state index in [2.05, 4.69) is 0 Å². The third kappa shape index (κ3) is 4.95. The Kier molecular flexibility index (Phi) is 6.55. The van der Waals surface area contributed by atoms with Crippen molar-refractivity contribution in [2.24, 2.45) is 5.92 Å². The molecule has 0 unspecified atom stereocenters. The van der Waals surface area contributed by atoms with Crippen LogP contribution in [0.25, 0.3) is 6.08 Å². The molecule has 1 saturated heterocycles. The molecule has 1 amide bonds. The average Bonchev–Trinajstić information content (AvgIpc) is 2.74. The van der Waals surface area contributed by atoms with Crippen LogP contribution in [0.15, 0.2) is 53.9 Å². The number of hydrogen-bond donors (Lipinski definition) is 0. The minimum atomic E-state index is -3.49. The fraction of sp³-hybridized carbons (Fsp3) is 0.348. The van der Waals surface area contributed by atoms with Crippen molar-refractivity contribution in [1.29, 1.82) is 0 Å². The summed E-state index contributed by atoms with van der Waals surface area (Å²) in [6, 6.07) is 15.3. The number of sulfonamides is 1. The lowest BCUT2D eigenvalue weighted by atomic mass is 9.96. The molecule has 3 rings (SSSR count). The first-order valence-corrected chi connectivity index (χ1v) is 11.4. The van der Waals surface area contributed by atoms with Crippen LogP contribution in [0.1, 0.15) is 29.5 Å². The standard InChI is InChI=1S/C23H28N2O3S/c1-18-8-7-11-22(19(18)2)24(3)23(26)21-12-15-25(16-13-21)29(27,28)17-14-20-9-5-4-6-10-20/h4-11,14,17,21H,12-13,15-16H2,1-3H3/b17-14+. The van der Waals surface area contributed by atoms with E-state index in [0.29, 0.717) is 25.9 Å². The minimum Gasteiger partial charge on any atom is -0.315 e. The van der Waals surface area contributed by atoms with Gasteiger partial charge in [-0.25, -0.2) is 8.42 Å². The van der Waals surface area contributed by atoms with Gasteiger partial charge in [-0.2, -0.15) is 4.31 Å². The Balaban J connectivity index is 1.63. The van der Waals surface area contributed by atoms with Crippen molar-refractivity contribution < 1.29 is 13.2 Å². The zero-order valence-electron chi connectivity index (χ0n) is 17.2. The zero-order chi connectivity index (χ0) is 21.0. The second-order valence-corrected chi connectivity index (χ2v) is 9.37. The van der Waals surface area contributed by atoms with E-state index in [4.69, 9.17) is 0 Å². The Morgan fingerprint density at radius 1 is 1.03 bits per heavy atom. The molecule has 1 aliphatic heterocycles. The summed E-state index contributed by atoms with van der Waals surface area (Å²) < 4.78 is 26.7. The predicted molar refractivity (Wildman–Crippen MR) is 118 cm³/mol. The highest BCUT2D eigenvalue weighted by atomic mass is 32.2. The number of carbonyl (C=O) groups is 1. The largest absolute Gasteiger partial charge is 0.315 e. The molecule has 154 valence electrons. The number of aryl methyl sites for hydroxylation is 1. The molecule has 1 heterocycles. The smallest absolute Gasteiger partial charge is 0.236 e. The second kappa shape index (κ2) is 8.93. The summed E-state index contributed by atoms with van der Waals surface area (Å²) in [5.74, 6) is -0.111. The number of anilines is 1. The molecule has 0 saturated carbocycles. The Morgan fingerprint density at radius 2 is 1.69 bits per heavy atom. The monoisotopic (exact) mass is 412 g/mol. The van der Waals surface area contributed by atoms with Crippen molar-refractivity contribution >= 4 is 27.7 Å². The quantitative estimate of drug-likeness (QED) is 0.746. The highest BCUT2D eigenvalue weighted by Gasteiger charge is 2.32. The Labute approximate surface area is 173 Å². The van der Waals surface area contributed by atoms with Crippen LogP contribution in [0, 0.1) is 19.8 Å². The van der Waals surface area contributed by atoms with E-state index in [1.165, 1.54) is 9.71 Å². The molecule has 2 aromatic carbocycles. The highest BCUT2D eigenvalue weighted by molar-refractivity contribution is 7.92. The number of piperidine rings is 1. The molecule has 0 bridgehead atoms. The van der Waals surface area contributed by atoms with Crippen LogP contribution in [-0.2, 0) is 14.8 Å². The predicted octanol–water partition coefficient (Wildman–Crippen LogP) is 3.98. The van der Waals surface area contributed by atoms with Gasteiger partial charge in [0, 0.05) is 37.2 Å². The lowest BCUT2D eigenvalue weighted by Gasteiger charge is -2.32. The average molecular weight is 413 g/mol. The number of nitrogens with zero attached hydrogens (tertiary/aromatic N) is 2. The van der Waals surface area contributed by atoms with E-state index < -0.39 is 10.0 Å². The van der Waals surface area contributed by atoms with Gasteiger partial charge in [-0.1, -0.05) is 42.5 Å². The lowest BCUT2D eigenvalue weighted by Crippen LogP contribution is -2.43. The minimum absolute atomic E-state index is 0.0515. The van der Waals surface area contributed by atoms with Gasteiger partial charge in [0.15, 0.2) is 0 Å². The molecular weight excluding hydrogens is 384 g/mol. The molecule has 1 aliphatic rings. The summed E-state index contributed by atoms with van der Waals surface area (Å²) in [7, 11) is -1.69. The SMILES string of the molecule is Cc1cccc(N(C)C(=O)C2CCN(S(=O)(=O)/C=C/c3ccccc3)CC2)c1C. The molecule has 2 aromatic rings. The molecule has 0 aromatic heterocycles. The Hall–Kier alpha value is -2.44.